The second kappa shape index (κ2) is 18.1. The van der Waals surface area contributed by atoms with E-state index in [-0.39, 0.29) is 11.9 Å². The van der Waals surface area contributed by atoms with Crippen molar-refractivity contribution in [3.63, 3.8) is 0 Å². The van der Waals surface area contributed by atoms with Crippen LogP contribution in [0.4, 0.5) is 5.69 Å². The molecular weight excluding hydrogens is 582 g/mol. The Morgan fingerprint density at radius 3 is 2.37 bits per heavy atom. The van der Waals surface area contributed by atoms with Crippen molar-refractivity contribution < 1.29 is 23.7 Å². The minimum absolute atomic E-state index is 0.0587. The number of benzene rings is 2. The number of allylic oxidation sites excluding steroid dienone is 1. The van der Waals surface area contributed by atoms with E-state index in [2.05, 4.69) is 34.7 Å². The Kier molecular flexibility index (Phi) is 14.3. The van der Waals surface area contributed by atoms with Gasteiger partial charge in [0.05, 0.1) is 40.3 Å². The molecule has 46 heavy (non-hydrogen) atoms. The Morgan fingerprint density at radius 2 is 1.74 bits per heavy atom. The number of nitrogens with zero attached hydrogens (tertiary/aromatic N) is 4. The van der Waals surface area contributed by atoms with Crippen LogP contribution in [0.25, 0.3) is 0 Å². The largest absolute Gasteiger partial charge is 0.497 e. The highest BCUT2D eigenvalue weighted by Crippen LogP contribution is 2.40. The Hall–Kier alpha value is -4.18. The number of amides is 1. The van der Waals surface area contributed by atoms with Crippen LogP contribution in [0.15, 0.2) is 65.7 Å². The van der Waals surface area contributed by atoms with Gasteiger partial charge in [-0.3, -0.25) is 9.79 Å². The second-order valence-electron chi connectivity index (χ2n) is 10.9. The maximum absolute atomic E-state index is 14.0. The SMILES string of the molecule is C=C(/C=C(\NC(C)=NCCC[C@H](c1ccc(OC)c(OC)c1)N1Cc2c(cccc2N2CCN(CC)CC2)C1=O)OC)OC.CC. The molecule has 1 fully saturated rings. The van der Waals surface area contributed by atoms with Gasteiger partial charge in [-0.1, -0.05) is 39.5 Å². The fourth-order valence-electron chi connectivity index (χ4n) is 5.85. The third-order valence-electron chi connectivity index (χ3n) is 8.36. The van der Waals surface area contributed by atoms with Gasteiger partial charge in [-0.25, -0.2) is 0 Å². The predicted molar refractivity (Wildman–Crippen MR) is 186 cm³/mol. The number of fused-ring (bicyclic) bond motifs is 1. The van der Waals surface area contributed by atoms with Crippen LogP contribution in [-0.2, 0) is 16.0 Å². The highest BCUT2D eigenvalue weighted by Gasteiger charge is 2.36. The molecular formula is C36H53N5O5. The number of nitrogens with one attached hydrogen (secondary N) is 1. The minimum Gasteiger partial charge on any atom is -0.497 e. The molecule has 1 atom stereocenters. The minimum atomic E-state index is -0.164. The van der Waals surface area contributed by atoms with E-state index < -0.39 is 0 Å². The zero-order valence-electron chi connectivity index (χ0n) is 29.0. The summed E-state index contributed by atoms with van der Waals surface area (Å²) in [7, 11) is 6.39. The average Bonchev–Trinajstić information content (AvgIpc) is 3.44. The number of likely N-dealkylation sites (N-methyl/N-ethyl adjacent to an activating group) is 1. The molecule has 2 aliphatic rings. The Labute approximate surface area is 275 Å². The summed E-state index contributed by atoms with van der Waals surface area (Å²) in [4.78, 5) is 25.6. The molecule has 0 saturated carbocycles. The topological polar surface area (TPSA) is 88.1 Å². The second-order valence-corrected chi connectivity index (χ2v) is 10.9. The molecule has 4 rings (SSSR count). The van der Waals surface area contributed by atoms with E-state index >= 15 is 0 Å². The van der Waals surface area contributed by atoms with Gasteiger partial charge < -0.3 is 39.0 Å². The standard InChI is InChI=1S/C34H47N5O5.C2H6/c1-8-37-17-19-38(20-18-37)30-12-9-11-27-28(30)23-39(34(27)40)29(26-14-15-31(42-5)32(22-26)43-6)13-10-16-35-25(3)36-33(44-7)21-24(2)41-4;1-2/h9,11-12,14-15,21-22,29H,2,8,10,13,16-20,23H2,1,3-7H3,(H,35,36);1-2H3/b33-21+;/t29-;/m1./s1. The van der Waals surface area contributed by atoms with E-state index in [0.717, 1.165) is 62.3 Å². The van der Waals surface area contributed by atoms with Crippen molar-refractivity contribution in [2.24, 2.45) is 4.99 Å². The smallest absolute Gasteiger partial charge is 0.255 e. The van der Waals surface area contributed by atoms with Gasteiger partial charge in [0.25, 0.3) is 5.91 Å². The first-order valence-corrected chi connectivity index (χ1v) is 16.2. The molecule has 2 aliphatic heterocycles. The lowest BCUT2D eigenvalue weighted by molar-refractivity contribution is 0.0689. The van der Waals surface area contributed by atoms with Gasteiger partial charge in [0.2, 0.25) is 0 Å². The molecule has 0 spiro atoms. The molecule has 10 nitrogen and oxygen atoms in total. The lowest BCUT2D eigenvalue weighted by Crippen LogP contribution is -2.46. The van der Waals surface area contributed by atoms with Crippen LogP contribution < -0.4 is 19.7 Å². The van der Waals surface area contributed by atoms with Crippen molar-refractivity contribution in [2.75, 3.05) is 72.6 Å². The van der Waals surface area contributed by atoms with Gasteiger partial charge in [0.15, 0.2) is 17.4 Å². The molecule has 10 heteroatoms. The van der Waals surface area contributed by atoms with Gasteiger partial charge in [-0.15, -0.1) is 0 Å². The molecule has 1 amide bonds. The first kappa shape index (κ1) is 36.3. The number of rotatable bonds is 14. The normalized spacial score (nSPS) is 15.9. The molecule has 1 N–H and O–H groups in total. The summed E-state index contributed by atoms with van der Waals surface area (Å²) >= 11 is 0. The summed E-state index contributed by atoms with van der Waals surface area (Å²) in [5.74, 6) is 3.04. The van der Waals surface area contributed by atoms with E-state index in [4.69, 9.17) is 23.9 Å². The van der Waals surface area contributed by atoms with Crippen LogP contribution in [0.2, 0.25) is 0 Å². The van der Waals surface area contributed by atoms with Gasteiger partial charge in [-0.2, -0.15) is 0 Å². The summed E-state index contributed by atoms with van der Waals surface area (Å²) in [6, 6.07) is 11.9. The predicted octanol–water partition coefficient (Wildman–Crippen LogP) is 6.01. The number of piperazine rings is 1. The number of hydrogen-bond donors (Lipinski definition) is 1. The van der Waals surface area contributed by atoms with Crippen molar-refractivity contribution in [3.8, 4) is 11.5 Å². The molecule has 2 heterocycles. The van der Waals surface area contributed by atoms with Crippen molar-refractivity contribution in [1.82, 2.24) is 15.1 Å². The third kappa shape index (κ3) is 8.96. The van der Waals surface area contributed by atoms with Crippen molar-refractivity contribution in [1.29, 1.82) is 0 Å². The highest BCUT2D eigenvalue weighted by atomic mass is 16.5. The zero-order valence-corrected chi connectivity index (χ0v) is 29.0. The summed E-state index contributed by atoms with van der Waals surface area (Å²) in [5, 5.41) is 3.14. The number of anilines is 1. The number of carbonyl (C=O) groups is 1. The number of aliphatic imine (C=N–C) groups is 1. The van der Waals surface area contributed by atoms with Crippen LogP contribution >= 0.6 is 0 Å². The molecule has 252 valence electrons. The quantitative estimate of drug-likeness (QED) is 0.0889. The van der Waals surface area contributed by atoms with Crippen LogP contribution in [0.3, 0.4) is 0 Å². The van der Waals surface area contributed by atoms with Crippen molar-refractivity contribution in [2.45, 2.75) is 53.1 Å². The monoisotopic (exact) mass is 635 g/mol. The molecule has 0 bridgehead atoms. The van der Waals surface area contributed by atoms with Crippen molar-refractivity contribution >= 4 is 17.4 Å². The van der Waals surface area contributed by atoms with E-state index in [1.165, 1.54) is 5.69 Å². The number of ether oxygens (including phenoxy) is 4. The maximum Gasteiger partial charge on any atom is 0.255 e. The lowest BCUT2D eigenvalue weighted by atomic mass is 9.99. The molecule has 1 saturated heterocycles. The number of carbonyl (C=O) groups excluding carboxylic acids is 1. The first-order valence-electron chi connectivity index (χ1n) is 16.2. The average molecular weight is 636 g/mol. The van der Waals surface area contributed by atoms with Crippen LogP contribution in [0.1, 0.15) is 68.1 Å². The molecule has 0 unspecified atom stereocenters. The van der Waals surface area contributed by atoms with Crippen LogP contribution in [0, 0.1) is 0 Å². The highest BCUT2D eigenvalue weighted by molar-refractivity contribution is 6.00. The summed E-state index contributed by atoms with van der Waals surface area (Å²) < 4.78 is 21.6. The molecule has 2 aromatic rings. The fraction of sp³-hybridized carbons (Fsp3) is 0.500. The number of amidine groups is 1. The number of methoxy groups -OCH3 is 4. The summed E-state index contributed by atoms with van der Waals surface area (Å²) in [6.45, 7) is 18.1. The van der Waals surface area contributed by atoms with E-state index in [0.29, 0.717) is 42.1 Å². The Bertz CT molecular complexity index is 1370. The third-order valence-corrected chi connectivity index (χ3v) is 8.36. The Balaban J connectivity index is 0.00000282. The van der Waals surface area contributed by atoms with E-state index in [9.17, 15) is 4.79 Å². The summed E-state index contributed by atoms with van der Waals surface area (Å²) in [6.07, 6.45) is 3.16. The maximum atomic E-state index is 14.0. The first-order chi connectivity index (χ1) is 22.3. The van der Waals surface area contributed by atoms with Crippen LogP contribution in [-0.4, -0.2) is 89.3 Å². The molecule has 0 aromatic heterocycles. The zero-order chi connectivity index (χ0) is 33.6. The van der Waals surface area contributed by atoms with E-state index in [1.54, 1.807) is 34.5 Å². The van der Waals surface area contributed by atoms with Crippen LogP contribution in [0.5, 0.6) is 11.5 Å². The number of hydrogen-bond acceptors (Lipinski definition) is 8. The van der Waals surface area contributed by atoms with Gasteiger partial charge in [0.1, 0.15) is 5.76 Å². The Morgan fingerprint density at radius 1 is 1.02 bits per heavy atom. The summed E-state index contributed by atoms with van der Waals surface area (Å²) in [5.41, 5.74) is 4.08. The molecule has 0 radical (unpaired) electrons. The van der Waals surface area contributed by atoms with Crippen molar-refractivity contribution in [3.05, 3.63) is 77.4 Å². The lowest BCUT2D eigenvalue weighted by Gasteiger charge is -2.36. The van der Waals surface area contributed by atoms with Gasteiger partial charge in [-0.05, 0) is 56.1 Å². The van der Waals surface area contributed by atoms with E-state index in [1.807, 2.05) is 56.0 Å². The molecule has 2 aromatic carbocycles. The fourth-order valence-corrected chi connectivity index (χ4v) is 5.85. The van der Waals surface area contributed by atoms with Gasteiger partial charge >= 0.3 is 0 Å². The van der Waals surface area contributed by atoms with Gasteiger partial charge in [0, 0.05) is 62.2 Å². The molecule has 0 aliphatic carbocycles.